The fourth-order valence-corrected chi connectivity index (χ4v) is 2.39. The van der Waals surface area contributed by atoms with E-state index in [1.807, 2.05) is 0 Å². The van der Waals surface area contributed by atoms with Crippen LogP contribution < -0.4 is 0 Å². The summed E-state index contributed by atoms with van der Waals surface area (Å²) in [5.74, 6) is 0.849. The van der Waals surface area contributed by atoms with E-state index in [4.69, 9.17) is 9.84 Å². The monoisotopic (exact) mass is 215 g/mol. The molecule has 0 heterocycles. The largest absolute Gasteiger partial charge is 0.395 e. The minimum Gasteiger partial charge on any atom is -0.395 e. The van der Waals surface area contributed by atoms with Crippen LogP contribution in [0.1, 0.15) is 32.1 Å². The van der Waals surface area contributed by atoms with Gasteiger partial charge in [0.1, 0.15) is 0 Å². The summed E-state index contributed by atoms with van der Waals surface area (Å²) in [7, 11) is 1.73. The van der Waals surface area contributed by atoms with E-state index < -0.39 is 0 Å². The minimum atomic E-state index is 0.260. The Labute approximate surface area is 93.4 Å². The second-order valence-electron chi connectivity index (χ2n) is 4.52. The van der Waals surface area contributed by atoms with Crippen molar-refractivity contribution >= 4 is 0 Å². The van der Waals surface area contributed by atoms with Crippen LogP contribution in [0.3, 0.4) is 0 Å². The highest BCUT2D eigenvalue weighted by molar-refractivity contribution is 4.70. The lowest BCUT2D eigenvalue weighted by atomic mass is 9.89. The van der Waals surface area contributed by atoms with Crippen molar-refractivity contribution in [1.29, 1.82) is 0 Å². The molecule has 0 aromatic carbocycles. The lowest BCUT2D eigenvalue weighted by molar-refractivity contribution is 0.112. The van der Waals surface area contributed by atoms with Gasteiger partial charge in [-0.05, 0) is 18.8 Å². The third-order valence-electron chi connectivity index (χ3n) is 3.27. The van der Waals surface area contributed by atoms with Crippen molar-refractivity contribution in [2.24, 2.45) is 5.92 Å². The van der Waals surface area contributed by atoms with Crippen molar-refractivity contribution in [2.45, 2.75) is 32.1 Å². The predicted molar refractivity (Wildman–Crippen MR) is 62.0 cm³/mol. The molecule has 15 heavy (non-hydrogen) atoms. The van der Waals surface area contributed by atoms with Crippen LogP contribution in [0.4, 0.5) is 0 Å². The fourth-order valence-electron chi connectivity index (χ4n) is 2.39. The highest BCUT2D eigenvalue weighted by Gasteiger charge is 2.16. The SMILES string of the molecule is COCCN(CCO)CC1CCCCC1. The van der Waals surface area contributed by atoms with E-state index in [1.54, 1.807) is 7.11 Å². The molecule has 0 aromatic heterocycles. The van der Waals surface area contributed by atoms with E-state index in [9.17, 15) is 0 Å². The van der Waals surface area contributed by atoms with Crippen LogP contribution in [0.5, 0.6) is 0 Å². The maximum atomic E-state index is 8.98. The normalized spacial score (nSPS) is 18.6. The van der Waals surface area contributed by atoms with Crippen LogP contribution in [-0.4, -0.2) is 50.0 Å². The zero-order valence-electron chi connectivity index (χ0n) is 9.95. The first-order valence-electron chi connectivity index (χ1n) is 6.19. The highest BCUT2D eigenvalue weighted by atomic mass is 16.5. The lowest BCUT2D eigenvalue weighted by Crippen LogP contribution is -2.35. The smallest absolute Gasteiger partial charge is 0.0589 e. The van der Waals surface area contributed by atoms with Gasteiger partial charge in [-0.3, -0.25) is 4.90 Å². The van der Waals surface area contributed by atoms with Gasteiger partial charge in [-0.1, -0.05) is 19.3 Å². The van der Waals surface area contributed by atoms with E-state index in [2.05, 4.69) is 4.90 Å². The molecule has 1 aliphatic carbocycles. The Kier molecular flexibility index (Phi) is 6.98. The molecular weight excluding hydrogens is 190 g/mol. The highest BCUT2D eigenvalue weighted by Crippen LogP contribution is 2.24. The maximum Gasteiger partial charge on any atom is 0.0589 e. The molecule has 1 fully saturated rings. The molecule has 0 amide bonds. The molecule has 1 aliphatic rings. The zero-order chi connectivity index (χ0) is 10.9. The standard InChI is InChI=1S/C12H25NO2/c1-15-10-8-13(7-9-14)11-12-5-3-2-4-6-12/h12,14H,2-11H2,1H3. The van der Waals surface area contributed by atoms with E-state index in [1.165, 1.54) is 32.1 Å². The predicted octanol–water partition coefficient (Wildman–Crippen LogP) is 1.51. The number of hydrogen-bond acceptors (Lipinski definition) is 3. The van der Waals surface area contributed by atoms with Gasteiger partial charge >= 0.3 is 0 Å². The van der Waals surface area contributed by atoms with Crippen molar-refractivity contribution in [3.8, 4) is 0 Å². The van der Waals surface area contributed by atoms with Gasteiger partial charge in [0, 0.05) is 26.7 Å². The lowest BCUT2D eigenvalue weighted by Gasteiger charge is -2.29. The molecule has 1 rings (SSSR count). The summed E-state index contributed by atoms with van der Waals surface area (Å²) in [5, 5.41) is 8.98. The van der Waals surface area contributed by atoms with Crippen LogP contribution in [-0.2, 0) is 4.74 Å². The van der Waals surface area contributed by atoms with Gasteiger partial charge in [0.05, 0.1) is 13.2 Å². The molecule has 0 unspecified atom stereocenters. The Balaban J connectivity index is 2.21. The Morgan fingerprint density at radius 2 is 1.93 bits per heavy atom. The minimum absolute atomic E-state index is 0.260. The number of aliphatic hydroxyl groups is 1. The van der Waals surface area contributed by atoms with Gasteiger partial charge in [-0.15, -0.1) is 0 Å². The van der Waals surface area contributed by atoms with Gasteiger partial charge in [0.2, 0.25) is 0 Å². The molecule has 0 spiro atoms. The Morgan fingerprint density at radius 3 is 2.53 bits per heavy atom. The summed E-state index contributed by atoms with van der Waals surface area (Å²) in [5.41, 5.74) is 0. The number of ether oxygens (including phenoxy) is 1. The second kappa shape index (κ2) is 8.08. The maximum absolute atomic E-state index is 8.98. The molecule has 0 aromatic rings. The number of aliphatic hydroxyl groups excluding tert-OH is 1. The molecule has 1 N–H and O–H groups in total. The Bertz CT molecular complexity index is 147. The summed E-state index contributed by atoms with van der Waals surface area (Å²) in [6.45, 7) is 3.92. The molecule has 1 saturated carbocycles. The van der Waals surface area contributed by atoms with Gasteiger partial charge in [0.25, 0.3) is 0 Å². The van der Waals surface area contributed by atoms with Gasteiger partial charge < -0.3 is 9.84 Å². The van der Waals surface area contributed by atoms with Crippen LogP contribution in [0.25, 0.3) is 0 Å². The van der Waals surface area contributed by atoms with Gasteiger partial charge in [-0.25, -0.2) is 0 Å². The third kappa shape index (κ3) is 5.50. The summed E-state index contributed by atoms with van der Waals surface area (Å²) in [4.78, 5) is 2.33. The Hall–Kier alpha value is -0.120. The average Bonchev–Trinajstić information content (AvgIpc) is 2.28. The van der Waals surface area contributed by atoms with Crippen molar-refractivity contribution < 1.29 is 9.84 Å². The van der Waals surface area contributed by atoms with Gasteiger partial charge in [-0.2, -0.15) is 0 Å². The number of hydrogen-bond donors (Lipinski definition) is 1. The van der Waals surface area contributed by atoms with Crippen LogP contribution in [0.2, 0.25) is 0 Å². The molecule has 3 heteroatoms. The first-order valence-corrected chi connectivity index (χ1v) is 6.19. The molecule has 0 radical (unpaired) electrons. The van der Waals surface area contributed by atoms with Crippen LogP contribution in [0.15, 0.2) is 0 Å². The second-order valence-corrected chi connectivity index (χ2v) is 4.52. The zero-order valence-corrected chi connectivity index (χ0v) is 9.95. The molecule has 0 aliphatic heterocycles. The molecule has 0 atom stereocenters. The number of rotatable bonds is 7. The number of methoxy groups -OCH3 is 1. The van der Waals surface area contributed by atoms with Crippen molar-refractivity contribution in [3.63, 3.8) is 0 Å². The van der Waals surface area contributed by atoms with E-state index in [-0.39, 0.29) is 6.61 Å². The first-order chi connectivity index (χ1) is 7.36. The molecule has 0 saturated heterocycles. The third-order valence-corrected chi connectivity index (χ3v) is 3.27. The molecule has 90 valence electrons. The van der Waals surface area contributed by atoms with Crippen molar-refractivity contribution in [3.05, 3.63) is 0 Å². The Morgan fingerprint density at radius 1 is 1.20 bits per heavy atom. The summed E-state index contributed by atoms with van der Waals surface area (Å²) in [6.07, 6.45) is 6.93. The molecular formula is C12H25NO2. The van der Waals surface area contributed by atoms with Crippen LogP contribution in [0, 0.1) is 5.92 Å². The first kappa shape index (κ1) is 12.9. The van der Waals surface area contributed by atoms with Crippen LogP contribution >= 0.6 is 0 Å². The van der Waals surface area contributed by atoms with Crippen molar-refractivity contribution in [2.75, 3.05) is 40.0 Å². The average molecular weight is 215 g/mol. The summed E-state index contributed by atoms with van der Waals surface area (Å²) in [6, 6.07) is 0. The summed E-state index contributed by atoms with van der Waals surface area (Å²) < 4.78 is 5.08. The molecule has 3 nitrogen and oxygen atoms in total. The molecule has 0 bridgehead atoms. The topological polar surface area (TPSA) is 32.7 Å². The van der Waals surface area contributed by atoms with Crippen molar-refractivity contribution in [1.82, 2.24) is 4.90 Å². The quantitative estimate of drug-likeness (QED) is 0.698. The summed E-state index contributed by atoms with van der Waals surface area (Å²) >= 11 is 0. The fraction of sp³-hybridized carbons (Fsp3) is 1.00. The van der Waals surface area contributed by atoms with E-state index >= 15 is 0 Å². The van der Waals surface area contributed by atoms with Gasteiger partial charge in [0.15, 0.2) is 0 Å². The van der Waals surface area contributed by atoms with E-state index in [0.29, 0.717) is 0 Å². The van der Waals surface area contributed by atoms with E-state index in [0.717, 1.165) is 32.2 Å². The number of nitrogens with zero attached hydrogens (tertiary/aromatic N) is 1.